The molecular formula is C16H10Cl3N3O3. The van der Waals surface area contributed by atoms with E-state index in [9.17, 15) is 4.79 Å². The quantitative estimate of drug-likeness (QED) is 0.673. The van der Waals surface area contributed by atoms with Gasteiger partial charge in [-0.1, -0.05) is 39.9 Å². The maximum Gasteiger partial charge on any atom is 0.322 e. The fraction of sp³-hybridized carbons (Fsp3) is 0.0625. The van der Waals surface area contributed by atoms with Crippen molar-refractivity contribution in [2.24, 2.45) is 0 Å². The summed E-state index contributed by atoms with van der Waals surface area (Å²) in [5.74, 6) is 0.125. The van der Waals surface area contributed by atoms with Crippen LogP contribution in [0.25, 0.3) is 11.5 Å². The summed E-state index contributed by atoms with van der Waals surface area (Å²) in [6.45, 7) is -0.278. The topological polar surface area (TPSA) is 77.2 Å². The molecule has 9 heteroatoms. The van der Waals surface area contributed by atoms with Crippen molar-refractivity contribution in [3.8, 4) is 17.2 Å². The van der Waals surface area contributed by atoms with Gasteiger partial charge in [-0.25, -0.2) is 0 Å². The van der Waals surface area contributed by atoms with Gasteiger partial charge >= 0.3 is 6.01 Å². The van der Waals surface area contributed by atoms with Crippen molar-refractivity contribution in [3.05, 3.63) is 57.5 Å². The van der Waals surface area contributed by atoms with Gasteiger partial charge in [0.25, 0.3) is 5.91 Å². The van der Waals surface area contributed by atoms with Crippen LogP contribution in [0, 0.1) is 0 Å². The number of carbonyl (C=O) groups is 1. The van der Waals surface area contributed by atoms with Crippen LogP contribution in [0.1, 0.15) is 0 Å². The molecule has 0 bridgehead atoms. The Labute approximate surface area is 157 Å². The summed E-state index contributed by atoms with van der Waals surface area (Å²) in [5, 5.41) is 11.4. The van der Waals surface area contributed by atoms with Gasteiger partial charge in [0, 0.05) is 15.6 Å². The van der Waals surface area contributed by atoms with Gasteiger partial charge in [-0.3, -0.25) is 10.1 Å². The summed E-state index contributed by atoms with van der Waals surface area (Å²) < 4.78 is 10.7. The molecule has 6 nitrogen and oxygen atoms in total. The van der Waals surface area contributed by atoms with E-state index in [1.165, 1.54) is 6.07 Å². The highest BCUT2D eigenvalue weighted by Crippen LogP contribution is 2.27. The van der Waals surface area contributed by atoms with E-state index in [2.05, 4.69) is 15.5 Å². The van der Waals surface area contributed by atoms with E-state index in [4.69, 9.17) is 44.0 Å². The molecule has 2 aromatic carbocycles. The van der Waals surface area contributed by atoms with E-state index in [-0.39, 0.29) is 18.5 Å². The monoisotopic (exact) mass is 397 g/mol. The molecule has 0 radical (unpaired) electrons. The average Bonchev–Trinajstić information content (AvgIpc) is 3.03. The number of ether oxygens (including phenoxy) is 1. The fourth-order valence-corrected chi connectivity index (χ4v) is 2.46. The molecule has 0 aliphatic carbocycles. The first-order valence-electron chi connectivity index (χ1n) is 6.98. The Morgan fingerprint density at radius 3 is 2.48 bits per heavy atom. The van der Waals surface area contributed by atoms with E-state index >= 15 is 0 Å². The standard InChI is InChI=1S/C16H10Cl3N3O3/c17-10-3-1-9(2-4-10)15-21-22-16(25-15)20-14(23)8-24-13-6-5-11(18)7-12(13)19/h1-7H,8H2,(H,20,22,23). The second-order valence-corrected chi connectivity index (χ2v) is 6.11. The summed E-state index contributed by atoms with van der Waals surface area (Å²) in [6, 6.07) is 11.5. The van der Waals surface area contributed by atoms with Crippen LogP contribution in [0.5, 0.6) is 5.75 Å². The molecule has 3 rings (SSSR count). The van der Waals surface area contributed by atoms with Crippen LogP contribution < -0.4 is 10.1 Å². The van der Waals surface area contributed by atoms with E-state index in [0.717, 1.165) is 0 Å². The van der Waals surface area contributed by atoms with Gasteiger partial charge in [-0.2, -0.15) is 0 Å². The second-order valence-electron chi connectivity index (χ2n) is 4.83. The maximum absolute atomic E-state index is 11.9. The Bertz CT molecular complexity index is 897. The molecule has 0 fully saturated rings. The lowest BCUT2D eigenvalue weighted by molar-refractivity contribution is -0.118. The Kier molecular flexibility index (Phi) is 5.43. The number of benzene rings is 2. The molecule has 25 heavy (non-hydrogen) atoms. The van der Waals surface area contributed by atoms with Crippen LogP contribution in [-0.4, -0.2) is 22.7 Å². The highest BCUT2D eigenvalue weighted by molar-refractivity contribution is 6.35. The van der Waals surface area contributed by atoms with Crippen LogP contribution in [0.3, 0.4) is 0 Å². The van der Waals surface area contributed by atoms with E-state index in [0.29, 0.717) is 26.4 Å². The molecule has 1 N–H and O–H groups in total. The molecule has 1 amide bonds. The minimum Gasteiger partial charge on any atom is -0.482 e. The van der Waals surface area contributed by atoms with Crippen molar-refractivity contribution in [2.75, 3.05) is 11.9 Å². The van der Waals surface area contributed by atoms with Crippen LogP contribution >= 0.6 is 34.8 Å². The van der Waals surface area contributed by atoms with Crippen LogP contribution in [-0.2, 0) is 4.79 Å². The number of carbonyl (C=O) groups excluding carboxylic acids is 1. The van der Waals surface area contributed by atoms with E-state index < -0.39 is 5.91 Å². The smallest absolute Gasteiger partial charge is 0.322 e. The molecule has 0 unspecified atom stereocenters. The summed E-state index contributed by atoms with van der Waals surface area (Å²) in [7, 11) is 0. The lowest BCUT2D eigenvalue weighted by atomic mass is 10.2. The number of hydrogen-bond acceptors (Lipinski definition) is 5. The van der Waals surface area contributed by atoms with Crippen LogP contribution in [0.2, 0.25) is 15.1 Å². The molecule has 0 saturated carbocycles. The molecule has 0 aliphatic rings. The van der Waals surface area contributed by atoms with Gasteiger partial charge in [0.2, 0.25) is 5.89 Å². The third-order valence-electron chi connectivity index (χ3n) is 3.02. The normalized spacial score (nSPS) is 10.5. The van der Waals surface area contributed by atoms with Crippen molar-refractivity contribution in [1.82, 2.24) is 10.2 Å². The number of rotatable bonds is 5. The molecule has 1 heterocycles. The molecule has 0 atom stereocenters. The predicted octanol–water partition coefficient (Wildman–Crippen LogP) is 4.71. The van der Waals surface area contributed by atoms with Crippen molar-refractivity contribution in [3.63, 3.8) is 0 Å². The lowest BCUT2D eigenvalue weighted by Crippen LogP contribution is -2.20. The highest BCUT2D eigenvalue weighted by atomic mass is 35.5. The minimum absolute atomic E-state index is 0.0410. The van der Waals surface area contributed by atoms with E-state index in [1.807, 2.05) is 0 Å². The van der Waals surface area contributed by atoms with Crippen LogP contribution in [0.4, 0.5) is 6.01 Å². The van der Waals surface area contributed by atoms with Gasteiger partial charge in [-0.15, -0.1) is 5.10 Å². The van der Waals surface area contributed by atoms with Gasteiger partial charge in [0.1, 0.15) is 5.75 Å². The number of hydrogen-bond donors (Lipinski definition) is 1. The van der Waals surface area contributed by atoms with Crippen molar-refractivity contribution >= 4 is 46.7 Å². The van der Waals surface area contributed by atoms with Gasteiger partial charge in [0.05, 0.1) is 5.02 Å². The maximum atomic E-state index is 11.9. The Morgan fingerprint density at radius 2 is 1.76 bits per heavy atom. The number of nitrogens with one attached hydrogen (secondary N) is 1. The summed E-state index contributed by atoms with van der Waals surface area (Å²) in [4.78, 5) is 11.9. The molecular weight excluding hydrogens is 389 g/mol. The predicted molar refractivity (Wildman–Crippen MR) is 95.3 cm³/mol. The first-order valence-corrected chi connectivity index (χ1v) is 8.12. The van der Waals surface area contributed by atoms with Crippen molar-refractivity contribution < 1.29 is 13.9 Å². The summed E-state index contributed by atoms with van der Waals surface area (Å²) in [5.41, 5.74) is 0.682. The molecule has 0 saturated heterocycles. The highest BCUT2D eigenvalue weighted by Gasteiger charge is 2.12. The van der Waals surface area contributed by atoms with Gasteiger partial charge in [-0.05, 0) is 42.5 Å². The molecule has 0 aliphatic heterocycles. The van der Waals surface area contributed by atoms with Crippen LogP contribution in [0.15, 0.2) is 46.9 Å². The number of aromatic nitrogens is 2. The zero-order chi connectivity index (χ0) is 17.8. The fourth-order valence-electron chi connectivity index (χ4n) is 1.87. The molecule has 0 spiro atoms. The third kappa shape index (κ3) is 4.63. The molecule has 1 aromatic heterocycles. The molecule has 3 aromatic rings. The van der Waals surface area contributed by atoms with Gasteiger partial charge in [0.15, 0.2) is 6.61 Å². The molecule has 128 valence electrons. The summed E-state index contributed by atoms with van der Waals surface area (Å²) in [6.07, 6.45) is 0. The second kappa shape index (κ2) is 7.74. The number of nitrogens with zero attached hydrogens (tertiary/aromatic N) is 2. The first kappa shape index (κ1) is 17.5. The zero-order valence-corrected chi connectivity index (χ0v) is 14.8. The minimum atomic E-state index is -0.475. The zero-order valence-electron chi connectivity index (χ0n) is 12.5. The van der Waals surface area contributed by atoms with E-state index in [1.54, 1.807) is 36.4 Å². The average molecular weight is 399 g/mol. The lowest BCUT2D eigenvalue weighted by Gasteiger charge is -2.07. The third-order valence-corrected chi connectivity index (χ3v) is 3.80. The Balaban J connectivity index is 1.59. The Hall–Kier alpha value is -2.28. The SMILES string of the molecule is O=C(COc1ccc(Cl)cc1Cl)Nc1nnc(-c2ccc(Cl)cc2)o1. The summed E-state index contributed by atoms with van der Waals surface area (Å²) >= 11 is 17.6. The largest absolute Gasteiger partial charge is 0.482 e. The number of amides is 1. The number of anilines is 1. The van der Waals surface area contributed by atoms with Gasteiger partial charge < -0.3 is 9.15 Å². The Morgan fingerprint density at radius 1 is 1.04 bits per heavy atom. The number of halogens is 3. The van der Waals surface area contributed by atoms with Crippen molar-refractivity contribution in [2.45, 2.75) is 0 Å². The van der Waals surface area contributed by atoms with Crippen molar-refractivity contribution in [1.29, 1.82) is 0 Å². The first-order chi connectivity index (χ1) is 12.0.